The number of phenolic OH excluding ortho intramolecular Hbond substituents is 1. The van der Waals surface area contributed by atoms with Crippen LogP contribution in [0.1, 0.15) is 17.3 Å². The molecule has 0 atom stereocenters. The normalized spacial score (nSPS) is 7.75. The maximum atomic E-state index is 10.0. The molecule has 0 spiro atoms. The van der Waals surface area contributed by atoms with Crippen molar-refractivity contribution in [1.29, 1.82) is 0 Å². The van der Waals surface area contributed by atoms with Crippen molar-refractivity contribution < 1.29 is 9.90 Å². The highest BCUT2D eigenvalue weighted by atomic mass is 16.3. The number of rotatable bonds is 1. The summed E-state index contributed by atoms with van der Waals surface area (Å²) in [4.78, 5) is 10.0. The van der Waals surface area contributed by atoms with Crippen molar-refractivity contribution in [3.05, 3.63) is 42.5 Å². The first-order valence-electron chi connectivity index (χ1n) is 3.55. The Morgan fingerprint density at radius 1 is 1.50 bits per heavy atom. The molecule has 0 bridgehead atoms. The molecular formula is C10H12O2. The van der Waals surface area contributed by atoms with E-state index in [-0.39, 0.29) is 5.75 Å². The summed E-state index contributed by atoms with van der Waals surface area (Å²) in [6.45, 7) is 5.25. The Balaban J connectivity index is 0.000000354. The van der Waals surface area contributed by atoms with Gasteiger partial charge in [0, 0.05) is 5.56 Å². The van der Waals surface area contributed by atoms with E-state index in [1.807, 2.05) is 6.92 Å². The van der Waals surface area contributed by atoms with Crippen molar-refractivity contribution in [2.24, 2.45) is 0 Å². The third kappa shape index (κ3) is 4.28. The van der Waals surface area contributed by atoms with Crippen LogP contribution in [0, 0.1) is 0 Å². The van der Waals surface area contributed by atoms with E-state index in [1.165, 1.54) is 12.1 Å². The maximum Gasteiger partial charge on any atom is 0.150 e. The van der Waals surface area contributed by atoms with E-state index >= 15 is 0 Å². The fourth-order valence-electron chi connectivity index (χ4n) is 0.598. The van der Waals surface area contributed by atoms with E-state index in [1.54, 1.807) is 18.2 Å². The SMILES string of the molecule is C=CC.O=Cc1cccc(O)c1. The molecule has 0 fully saturated rings. The topological polar surface area (TPSA) is 37.3 Å². The molecule has 2 heteroatoms. The summed E-state index contributed by atoms with van der Waals surface area (Å²) < 4.78 is 0. The molecule has 1 aromatic rings. The van der Waals surface area contributed by atoms with Crippen molar-refractivity contribution >= 4 is 6.29 Å². The summed E-state index contributed by atoms with van der Waals surface area (Å²) in [6.07, 6.45) is 2.44. The Morgan fingerprint density at radius 2 is 2.08 bits per heavy atom. The number of carbonyl (C=O) groups excluding carboxylic acids is 1. The van der Waals surface area contributed by atoms with Gasteiger partial charge >= 0.3 is 0 Å². The Kier molecular flexibility index (Phi) is 5.35. The zero-order chi connectivity index (χ0) is 9.40. The van der Waals surface area contributed by atoms with Gasteiger partial charge in [-0.2, -0.15) is 0 Å². The van der Waals surface area contributed by atoms with Crippen molar-refractivity contribution in [3.8, 4) is 5.75 Å². The summed E-state index contributed by atoms with van der Waals surface area (Å²) >= 11 is 0. The molecule has 1 N–H and O–H groups in total. The molecule has 0 saturated heterocycles. The predicted molar refractivity (Wildman–Crippen MR) is 49.4 cm³/mol. The van der Waals surface area contributed by atoms with Crippen LogP contribution in [-0.4, -0.2) is 11.4 Å². The number of benzene rings is 1. The van der Waals surface area contributed by atoms with Gasteiger partial charge in [0.05, 0.1) is 0 Å². The molecule has 1 rings (SSSR count). The van der Waals surface area contributed by atoms with Gasteiger partial charge < -0.3 is 5.11 Å². The number of aldehydes is 1. The van der Waals surface area contributed by atoms with Gasteiger partial charge in [0.2, 0.25) is 0 Å². The zero-order valence-electron chi connectivity index (χ0n) is 7.03. The molecule has 0 aromatic heterocycles. The lowest BCUT2D eigenvalue weighted by Crippen LogP contribution is -1.75. The first-order valence-corrected chi connectivity index (χ1v) is 3.55. The van der Waals surface area contributed by atoms with E-state index in [9.17, 15) is 4.79 Å². The van der Waals surface area contributed by atoms with Crippen LogP contribution in [0.4, 0.5) is 0 Å². The highest BCUT2D eigenvalue weighted by molar-refractivity contribution is 5.75. The number of hydrogen-bond donors (Lipinski definition) is 1. The molecule has 0 unspecified atom stereocenters. The van der Waals surface area contributed by atoms with Gasteiger partial charge in [-0.1, -0.05) is 18.2 Å². The molecule has 0 radical (unpaired) electrons. The molecule has 0 aliphatic heterocycles. The highest BCUT2D eigenvalue weighted by Crippen LogP contribution is 2.07. The Labute approximate surface area is 72.2 Å². The summed E-state index contributed by atoms with van der Waals surface area (Å²) in [5, 5.41) is 8.79. The minimum absolute atomic E-state index is 0.125. The smallest absolute Gasteiger partial charge is 0.150 e. The Bertz CT molecular complexity index is 254. The molecule has 0 aliphatic carbocycles. The van der Waals surface area contributed by atoms with Crippen LogP contribution >= 0.6 is 0 Å². The van der Waals surface area contributed by atoms with Gasteiger partial charge in [0.15, 0.2) is 0 Å². The largest absolute Gasteiger partial charge is 0.508 e. The van der Waals surface area contributed by atoms with Gasteiger partial charge in [0.1, 0.15) is 12.0 Å². The Morgan fingerprint density at radius 3 is 2.42 bits per heavy atom. The molecule has 1 aromatic carbocycles. The summed E-state index contributed by atoms with van der Waals surface area (Å²) in [5.41, 5.74) is 0.495. The highest BCUT2D eigenvalue weighted by Gasteiger charge is 1.88. The second-order valence-corrected chi connectivity index (χ2v) is 2.12. The average Bonchev–Trinajstić information content (AvgIpc) is 2.06. The molecule has 0 saturated carbocycles. The molecule has 0 heterocycles. The van der Waals surface area contributed by atoms with Crippen LogP contribution in [0.25, 0.3) is 0 Å². The van der Waals surface area contributed by atoms with Gasteiger partial charge in [-0.3, -0.25) is 4.79 Å². The second kappa shape index (κ2) is 6.16. The number of phenols is 1. The van der Waals surface area contributed by atoms with E-state index in [0.29, 0.717) is 11.8 Å². The van der Waals surface area contributed by atoms with Crippen molar-refractivity contribution in [2.75, 3.05) is 0 Å². The third-order valence-electron chi connectivity index (χ3n) is 1.01. The van der Waals surface area contributed by atoms with Crippen LogP contribution in [0.3, 0.4) is 0 Å². The summed E-state index contributed by atoms with van der Waals surface area (Å²) in [6, 6.07) is 6.19. The molecular weight excluding hydrogens is 152 g/mol. The van der Waals surface area contributed by atoms with E-state index < -0.39 is 0 Å². The lowest BCUT2D eigenvalue weighted by atomic mass is 10.2. The zero-order valence-corrected chi connectivity index (χ0v) is 7.03. The van der Waals surface area contributed by atoms with Gasteiger partial charge in [-0.15, -0.1) is 6.58 Å². The standard InChI is InChI=1S/C7H6O2.C3H6/c8-5-6-2-1-3-7(9)4-6;1-3-2/h1-5,9H;3H,1H2,2H3. The molecule has 0 aliphatic rings. The van der Waals surface area contributed by atoms with Crippen molar-refractivity contribution in [2.45, 2.75) is 6.92 Å². The average molecular weight is 164 g/mol. The van der Waals surface area contributed by atoms with E-state index in [0.717, 1.165) is 0 Å². The lowest BCUT2D eigenvalue weighted by molar-refractivity contribution is 0.112. The van der Waals surface area contributed by atoms with Gasteiger partial charge in [-0.25, -0.2) is 0 Å². The first kappa shape index (κ1) is 10.4. The molecule has 0 amide bonds. The number of carbonyl (C=O) groups is 1. The quantitative estimate of drug-likeness (QED) is 0.511. The van der Waals surface area contributed by atoms with Crippen LogP contribution in [0.2, 0.25) is 0 Å². The lowest BCUT2D eigenvalue weighted by Gasteiger charge is -1.89. The number of aromatic hydroxyl groups is 1. The summed E-state index contributed by atoms with van der Waals surface area (Å²) in [5.74, 6) is 0.125. The second-order valence-electron chi connectivity index (χ2n) is 2.12. The molecule has 2 nitrogen and oxygen atoms in total. The van der Waals surface area contributed by atoms with Crippen LogP contribution in [0.5, 0.6) is 5.75 Å². The predicted octanol–water partition coefficient (Wildman–Crippen LogP) is 2.40. The third-order valence-corrected chi connectivity index (χ3v) is 1.01. The van der Waals surface area contributed by atoms with Crippen LogP contribution < -0.4 is 0 Å². The van der Waals surface area contributed by atoms with Crippen LogP contribution in [0.15, 0.2) is 36.9 Å². The number of hydrogen-bond acceptors (Lipinski definition) is 2. The minimum atomic E-state index is 0.125. The summed E-state index contributed by atoms with van der Waals surface area (Å²) in [7, 11) is 0. The van der Waals surface area contributed by atoms with Crippen molar-refractivity contribution in [3.63, 3.8) is 0 Å². The first-order chi connectivity index (χ1) is 5.74. The van der Waals surface area contributed by atoms with Gasteiger partial charge in [0.25, 0.3) is 0 Å². The van der Waals surface area contributed by atoms with E-state index in [4.69, 9.17) is 5.11 Å². The minimum Gasteiger partial charge on any atom is -0.508 e. The maximum absolute atomic E-state index is 10.0. The fraction of sp³-hybridized carbons (Fsp3) is 0.100. The monoisotopic (exact) mass is 164 g/mol. The fourth-order valence-corrected chi connectivity index (χ4v) is 0.598. The van der Waals surface area contributed by atoms with Crippen LogP contribution in [-0.2, 0) is 0 Å². The van der Waals surface area contributed by atoms with Gasteiger partial charge in [-0.05, 0) is 19.1 Å². The number of allylic oxidation sites excluding steroid dienone is 1. The molecule has 64 valence electrons. The Hall–Kier alpha value is -1.57. The van der Waals surface area contributed by atoms with E-state index in [2.05, 4.69) is 6.58 Å². The molecule has 12 heavy (non-hydrogen) atoms. The van der Waals surface area contributed by atoms with Crippen molar-refractivity contribution in [1.82, 2.24) is 0 Å².